The Hall–Kier alpha value is -2.04. The molecule has 2 heterocycles. The van der Waals surface area contributed by atoms with Gasteiger partial charge in [0.1, 0.15) is 0 Å². The Labute approximate surface area is 99.4 Å². The summed E-state index contributed by atoms with van der Waals surface area (Å²) in [5, 5.41) is 7.01. The smallest absolute Gasteiger partial charge is 0.253 e. The number of pyridine rings is 1. The molecular formula is C12H15N3O2. The van der Waals surface area contributed by atoms with Gasteiger partial charge in [-0.3, -0.25) is 4.79 Å². The molecule has 1 N–H and O–H groups in total. The van der Waals surface area contributed by atoms with Crippen molar-refractivity contribution in [1.29, 1.82) is 0 Å². The molecule has 0 saturated heterocycles. The molecule has 5 heteroatoms. The first-order valence-corrected chi connectivity index (χ1v) is 5.49. The van der Waals surface area contributed by atoms with E-state index in [-0.39, 0.29) is 5.91 Å². The van der Waals surface area contributed by atoms with Gasteiger partial charge < -0.3 is 10.1 Å². The number of amides is 1. The van der Waals surface area contributed by atoms with Crippen molar-refractivity contribution in [2.24, 2.45) is 0 Å². The molecule has 0 atom stereocenters. The van der Waals surface area contributed by atoms with Crippen molar-refractivity contribution in [2.75, 3.05) is 14.2 Å². The quantitative estimate of drug-likeness (QED) is 0.868. The highest BCUT2D eigenvalue weighted by Gasteiger charge is 2.14. The van der Waals surface area contributed by atoms with Crippen LogP contribution in [0.2, 0.25) is 0 Å². The lowest BCUT2D eigenvalue weighted by Crippen LogP contribution is -2.18. The normalized spacial score (nSPS) is 10.5. The standard InChI is InChI=1S/C12H15N3O2/c1-4-8-7-10-9(12(16)13-2)5-6-11(17-3)15(10)14-8/h5-7H,4H2,1-3H3,(H,13,16). The number of fused-ring (bicyclic) bond motifs is 1. The molecule has 0 aliphatic carbocycles. The van der Waals surface area contributed by atoms with Crippen LogP contribution in [-0.4, -0.2) is 29.7 Å². The lowest BCUT2D eigenvalue weighted by atomic mass is 10.2. The summed E-state index contributed by atoms with van der Waals surface area (Å²) >= 11 is 0. The van der Waals surface area contributed by atoms with Crippen molar-refractivity contribution in [1.82, 2.24) is 14.9 Å². The molecule has 0 radical (unpaired) electrons. The third kappa shape index (κ3) is 1.84. The molecule has 1 amide bonds. The second kappa shape index (κ2) is 4.45. The van der Waals surface area contributed by atoms with Gasteiger partial charge >= 0.3 is 0 Å². The average molecular weight is 233 g/mol. The van der Waals surface area contributed by atoms with E-state index in [1.165, 1.54) is 0 Å². The summed E-state index contributed by atoms with van der Waals surface area (Å²) in [4.78, 5) is 11.7. The van der Waals surface area contributed by atoms with Gasteiger partial charge in [0.2, 0.25) is 5.88 Å². The van der Waals surface area contributed by atoms with Crippen molar-refractivity contribution in [2.45, 2.75) is 13.3 Å². The minimum atomic E-state index is -0.125. The zero-order chi connectivity index (χ0) is 12.4. The van der Waals surface area contributed by atoms with Crippen molar-refractivity contribution >= 4 is 11.4 Å². The van der Waals surface area contributed by atoms with Gasteiger partial charge in [-0.15, -0.1) is 0 Å². The average Bonchev–Trinajstić information content (AvgIpc) is 2.80. The Morgan fingerprint density at radius 2 is 2.29 bits per heavy atom. The van der Waals surface area contributed by atoms with Crippen molar-refractivity contribution in [3.8, 4) is 5.88 Å². The second-order valence-corrected chi connectivity index (χ2v) is 3.65. The molecular weight excluding hydrogens is 218 g/mol. The maximum absolute atomic E-state index is 11.7. The molecule has 5 nitrogen and oxygen atoms in total. The highest BCUT2D eigenvalue weighted by Crippen LogP contribution is 2.20. The molecule has 0 unspecified atom stereocenters. The Morgan fingerprint density at radius 1 is 1.53 bits per heavy atom. The number of nitrogens with zero attached hydrogens (tertiary/aromatic N) is 2. The van der Waals surface area contributed by atoms with E-state index in [1.54, 1.807) is 30.8 Å². The molecule has 0 aromatic carbocycles. The van der Waals surface area contributed by atoms with E-state index in [1.807, 2.05) is 13.0 Å². The van der Waals surface area contributed by atoms with Gasteiger partial charge in [0.15, 0.2) is 0 Å². The number of hydrogen-bond acceptors (Lipinski definition) is 3. The maximum atomic E-state index is 11.7. The molecule has 0 fully saturated rings. The van der Waals surface area contributed by atoms with Crippen LogP contribution in [0.15, 0.2) is 18.2 Å². The predicted octanol–water partition coefficient (Wildman–Crippen LogP) is 1.26. The highest BCUT2D eigenvalue weighted by molar-refractivity contribution is 6.00. The summed E-state index contributed by atoms with van der Waals surface area (Å²) in [6, 6.07) is 5.39. The largest absolute Gasteiger partial charge is 0.481 e. The number of aryl methyl sites for hydroxylation is 1. The Morgan fingerprint density at radius 3 is 2.88 bits per heavy atom. The van der Waals surface area contributed by atoms with E-state index < -0.39 is 0 Å². The van der Waals surface area contributed by atoms with Crippen LogP contribution in [0.4, 0.5) is 0 Å². The van der Waals surface area contributed by atoms with Gasteiger partial charge in [-0.05, 0) is 18.6 Å². The Kier molecular flexibility index (Phi) is 2.99. The monoisotopic (exact) mass is 233 g/mol. The number of aromatic nitrogens is 2. The fraction of sp³-hybridized carbons (Fsp3) is 0.333. The fourth-order valence-corrected chi connectivity index (χ4v) is 1.75. The van der Waals surface area contributed by atoms with Gasteiger partial charge in [-0.2, -0.15) is 5.10 Å². The SMILES string of the molecule is CCc1cc2c(C(=O)NC)ccc(OC)n2n1. The molecule has 17 heavy (non-hydrogen) atoms. The first kappa shape index (κ1) is 11.4. The predicted molar refractivity (Wildman–Crippen MR) is 64.5 cm³/mol. The Balaban J connectivity index is 2.71. The minimum absolute atomic E-state index is 0.125. The molecule has 2 aromatic heterocycles. The summed E-state index contributed by atoms with van der Waals surface area (Å²) in [5.74, 6) is 0.493. The van der Waals surface area contributed by atoms with E-state index in [4.69, 9.17) is 4.74 Å². The molecule has 2 aromatic rings. The number of rotatable bonds is 3. The fourth-order valence-electron chi connectivity index (χ4n) is 1.75. The first-order chi connectivity index (χ1) is 8.21. The number of hydrogen-bond donors (Lipinski definition) is 1. The molecule has 90 valence electrons. The topological polar surface area (TPSA) is 55.6 Å². The summed E-state index contributed by atoms with van der Waals surface area (Å²) in [7, 11) is 3.20. The summed E-state index contributed by atoms with van der Waals surface area (Å²) in [6.07, 6.45) is 0.817. The van der Waals surface area contributed by atoms with E-state index in [0.29, 0.717) is 11.4 Å². The summed E-state index contributed by atoms with van der Waals surface area (Å²) in [5.41, 5.74) is 2.29. The van der Waals surface area contributed by atoms with Crippen LogP contribution in [0.1, 0.15) is 23.0 Å². The minimum Gasteiger partial charge on any atom is -0.481 e. The van der Waals surface area contributed by atoms with Gasteiger partial charge in [0.05, 0.1) is 23.9 Å². The zero-order valence-electron chi connectivity index (χ0n) is 10.2. The summed E-state index contributed by atoms with van der Waals surface area (Å²) < 4.78 is 6.88. The van der Waals surface area contributed by atoms with Crippen LogP contribution in [0.5, 0.6) is 5.88 Å². The van der Waals surface area contributed by atoms with Crippen molar-refractivity contribution < 1.29 is 9.53 Å². The third-order valence-corrected chi connectivity index (χ3v) is 2.68. The van der Waals surface area contributed by atoms with Crippen LogP contribution in [0.3, 0.4) is 0 Å². The number of carbonyl (C=O) groups excluding carboxylic acids is 1. The van der Waals surface area contributed by atoms with Gasteiger partial charge in [-0.25, -0.2) is 4.52 Å². The van der Waals surface area contributed by atoms with Gasteiger partial charge in [0.25, 0.3) is 5.91 Å². The van der Waals surface area contributed by atoms with Crippen LogP contribution >= 0.6 is 0 Å². The third-order valence-electron chi connectivity index (χ3n) is 2.68. The molecule has 2 rings (SSSR count). The highest BCUT2D eigenvalue weighted by atomic mass is 16.5. The Bertz CT molecular complexity index is 560. The first-order valence-electron chi connectivity index (χ1n) is 5.49. The maximum Gasteiger partial charge on any atom is 0.253 e. The molecule has 0 aliphatic heterocycles. The van der Waals surface area contributed by atoms with Crippen LogP contribution < -0.4 is 10.1 Å². The number of carbonyl (C=O) groups is 1. The van der Waals surface area contributed by atoms with E-state index in [0.717, 1.165) is 17.6 Å². The van der Waals surface area contributed by atoms with Crippen LogP contribution in [-0.2, 0) is 6.42 Å². The lowest BCUT2D eigenvalue weighted by Gasteiger charge is -2.06. The second-order valence-electron chi connectivity index (χ2n) is 3.65. The number of methoxy groups -OCH3 is 1. The van der Waals surface area contributed by atoms with E-state index in [2.05, 4.69) is 10.4 Å². The van der Waals surface area contributed by atoms with Crippen molar-refractivity contribution in [3.05, 3.63) is 29.5 Å². The number of ether oxygens (including phenoxy) is 1. The summed E-state index contributed by atoms with van der Waals surface area (Å²) in [6.45, 7) is 2.02. The molecule has 0 bridgehead atoms. The zero-order valence-corrected chi connectivity index (χ0v) is 10.2. The van der Waals surface area contributed by atoms with Gasteiger partial charge in [0, 0.05) is 13.1 Å². The molecule has 0 spiro atoms. The van der Waals surface area contributed by atoms with Crippen molar-refractivity contribution in [3.63, 3.8) is 0 Å². The molecule has 0 saturated carbocycles. The van der Waals surface area contributed by atoms with Crippen LogP contribution in [0, 0.1) is 0 Å². The van der Waals surface area contributed by atoms with Gasteiger partial charge in [-0.1, -0.05) is 6.92 Å². The lowest BCUT2D eigenvalue weighted by molar-refractivity contribution is 0.0964. The number of nitrogens with one attached hydrogen (secondary N) is 1. The van der Waals surface area contributed by atoms with Crippen LogP contribution in [0.25, 0.3) is 5.52 Å². The molecule has 0 aliphatic rings. The van der Waals surface area contributed by atoms with E-state index in [9.17, 15) is 4.79 Å². The van der Waals surface area contributed by atoms with E-state index >= 15 is 0 Å².